The van der Waals surface area contributed by atoms with E-state index in [9.17, 15) is 10.1 Å². The van der Waals surface area contributed by atoms with Crippen molar-refractivity contribution in [1.29, 1.82) is 0 Å². The van der Waals surface area contributed by atoms with Gasteiger partial charge in [-0.25, -0.2) is 0 Å². The van der Waals surface area contributed by atoms with Gasteiger partial charge in [-0.2, -0.15) is 0 Å². The number of aromatic hydroxyl groups is 1. The van der Waals surface area contributed by atoms with E-state index in [1.807, 2.05) is 0 Å². The number of phenols is 1. The molecule has 0 unspecified atom stereocenters. The summed E-state index contributed by atoms with van der Waals surface area (Å²) in [7, 11) is 1.73. The third kappa shape index (κ3) is 1.49. The van der Waals surface area contributed by atoms with E-state index in [1.54, 1.807) is 13.9 Å². The maximum atomic E-state index is 10.2. The van der Waals surface area contributed by atoms with E-state index in [0.717, 1.165) is 5.46 Å². The van der Waals surface area contributed by atoms with Gasteiger partial charge in [0.15, 0.2) is 5.75 Å². The molecule has 0 saturated heterocycles. The Morgan fingerprint density at radius 1 is 1.55 bits per heavy atom. The molecule has 1 aromatic rings. The molecule has 0 heterocycles. The average molecular weight is 151 g/mol. The second kappa shape index (κ2) is 2.61. The number of hydrogen-bond acceptors (Lipinski definition) is 3. The Morgan fingerprint density at radius 2 is 2.18 bits per heavy atom. The van der Waals surface area contributed by atoms with Gasteiger partial charge in [0.25, 0.3) is 0 Å². The van der Waals surface area contributed by atoms with Crippen molar-refractivity contribution in [3.63, 3.8) is 0 Å². The maximum Gasteiger partial charge on any atom is 0.310 e. The number of nitrogens with zero attached hydrogens (tertiary/aromatic N) is 1. The van der Waals surface area contributed by atoms with Crippen LogP contribution in [-0.4, -0.2) is 17.9 Å². The lowest BCUT2D eigenvalue weighted by atomic mass is 9.96. The Morgan fingerprint density at radius 3 is 2.64 bits per heavy atom. The third-order valence-corrected chi connectivity index (χ3v) is 1.33. The summed E-state index contributed by atoms with van der Waals surface area (Å²) in [5, 5.41) is 19.2. The molecule has 0 aromatic heterocycles. The van der Waals surface area contributed by atoms with Gasteiger partial charge >= 0.3 is 5.69 Å². The van der Waals surface area contributed by atoms with Gasteiger partial charge in [0.1, 0.15) is 7.85 Å². The molecule has 56 valence electrons. The van der Waals surface area contributed by atoms with E-state index in [4.69, 9.17) is 5.11 Å². The molecule has 0 radical (unpaired) electrons. The van der Waals surface area contributed by atoms with Gasteiger partial charge in [0, 0.05) is 6.07 Å². The molecule has 1 N–H and O–H groups in total. The number of phenolic OH excluding ortho intramolecular Hbond substituents is 1. The fourth-order valence-corrected chi connectivity index (χ4v) is 0.780. The van der Waals surface area contributed by atoms with Crippen molar-refractivity contribution in [3.8, 4) is 5.75 Å². The lowest BCUT2D eigenvalue weighted by Gasteiger charge is -1.95. The Bertz CT molecular complexity index is 300. The van der Waals surface area contributed by atoms with Crippen molar-refractivity contribution in [2.75, 3.05) is 0 Å². The van der Waals surface area contributed by atoms with Crippen LogP contribution in [0.1, 0.15) is 0 Å². The largest absolute Gasteiger partial charge is 0.502 e. The van der Waals surface area contributed by atoms with Crippen molar-refractivity contribution in [1.82, 2.24) is 0 Å². The summed E-state index contributed by atoms with van der Waals surface area (Å²) in [5.74, 6) is -0.291. The van der Waals surface area contributed by atoms with Gasteiger partial charge in [0.05, 0.1) is 4.92 Å². The fraction of sp³-hybridized carbons (Fsp3) is 0. The predicted octanol–water partition coefficient (Wildman–Crippen LogP) is -0.441. The molecule has 0 bridgehead atoms. The highest BCUT2D eigenvalue weighted by Crippen LogP contribution is 2.22. The van der Waals surface area contributed by atoms with E-state index < -0.39 is 4.92 Å². The summed E-state index contributed by atoms with van der Waals surface area (Å²) >= 11 is 0. The van der Waals surface area contributed by atoms with Gasteiger partial charge in [-0.05, 0) is 6.07 Å². The minimum atomic E-state index is -0.609. The molecule has 0 amide bonds. The molecule has 0 saturated carbocycles. The van der Waals surface area contributed by atoms with Gasteiger partial charge in [-0.15, -0.1) is 0 Å². The highest BCUT2D eigenvalue weighted by Gasteiger charge is 2.11. The van der Waals surface area contributed by atoms with Crippen LogP contribution < -0.4 is 5.46 Å². The number of nitro benzene ring substituents is 1. The lowest BCUT2D eigenvalue weighted by molar-refractivity contribution is -0.385. The van der Waals surface area contributed by atoms with Crippen LogP contribution in [0.15, 0.2) is 18.2 Å². The topological polar surface area (TPSA) is 63.4 Å². The van der Waals surface area contributed by atoms with E-state index in [1.165, 1.54) is 12.1 Å². The number of hydrogen-bond donors (Lipinski definition) is 1. The molecule has 1 rings (SSSR count). The molecule has 0 aliphatic carbocycles. The molecule has 11 heavy (non-hydrogen) atoms. The van der Waals surface area contributed by atoms with Crippen LogP contribution in [0.4, 0.5) is 5.69 Å². The summed E-state index contributed by atoms with van der Waals surface area (Å²) in [5.41, 5.74) is 0.513. The molecular formula is C6H6BNO3. The summed E-state index contributed by atoms with van der Waals surface area (Å²) < 4.78 is 0. The quantitative estimate of drug-likeness (QED) is 0.336. The predicted molar refractivity (Wildman–Crippen MR) is 42.9 cm³/mol. The highest BCUT2D eigenvalue weighted by atomic mass is 16.6. The second-order valence-corrected chi connectivity index (χ2v) is 2.25. The van der Waals surface area contributed by atoms with E-state index in [2.05, 4.69) is 0 Å². The molecule has 5 heteroatoms. The van der Waals surface area contributed by atoms with Gasteiger partial charge in [-0.1, -0.05) is 11.5 Å². The first-order valence-corrected chi connectivity index (χ1v) is 3.05. The zero-order valence-electron chi connectivity index (χ0n) is 5.94. The fourth-order valence-electron chi connectivity index (χ4n) is 0.780. The van der Waals surface area contributed by atoms with Crippen LogP contribution in [0.2, 0.25) is 0 Å². The standard InChI is InChI=1S/C6H6BNO3/c7-4-1-2-6(9)5(3-4)8(10)11/h1-3,9H,7H2. The molecule has 4 nitrogen and oxygen atoms in total. The molecule has 0 aliphatic heterocycles. The SMILES string of the molecule is Bc1ccc(O)c([N+](=O)[O-])c1. The van der Waals surface area contributed by atoms with Crippen molar-refractivity contribution in [3.05, 3.63) is 28.3 Å². The minimum absolute atomic E-state index is 0.245. The van der Waals surface area contributed by atoms with Crippen LogP contribution in [0.5, 0.6) is 5.75 Å². The molecule has 0 spiro atoms. The van der Waals surface area contributed by atoms with E-state index in [0.29, 0.717) is 0 Å². The van der Waals surface area contributed by atoms with E-state index >= 15 is 0 Å². The second-order valence-electron chi connectivity index (χ2n) is 2.25. The van der Waals surface area contributed by atoms with Crippen LogP contribution in [0.25, 0.3) is 0 Å². The first-order valence-electron chi connectivity index (χ1n) is 3.05. The van der Waals surface area contributed by atoms with Crippen LogP contribution in [-0.2, 0) is 0 Å². The summed E-state index contributed by atoms with van der Waals surface area (Å²) in [6.07, 6.45) is 0. The van der Waals surface area contributed by atoms with Gasteiger partial charge < -0.3 is 5.11 Å². The molecule has 1 aromatic carbocycles. The number of rotatable bonds is 1. The highest BCUT2D eigenvalue weighted by molar-refractivity contribution is 6.32. The monoisotopic (exact) mass is 151 g/mol. The normalized spacial score (nSPS) is 9.45. The Labute approximate surface area is 64.0 Å². The Kier molecular flexibility index (Phi) is 1.80. The maximum absolute atomic E-state index is 10.2. The minimum Gasteiger partial charge on any atom is -0.502 e. The first-order chi connectivity index (χ1) is 5.11. The molecule has 0 atom stereocenters. The summed E-state index contributed by atoms with van der Waals surface area (Å²) in [6, 6.07) is 4.26. The van der Waals surface area contributed by atoms with Crippen molar-refractivity contribution in [2.24, 2.45) is 0 Å². The zero-order chi connectivity index (χ0) is 8.43. The van der Waals surface area contributed by atoms with Crippen LogP contribution in [0.3, 0.4) is 0 Å². The third-order valence-electron chi connectivity index (χ3n) is 1.33. The first kappa shape index (κ1) is 7.59. The molecule has 0 fully saturated rings. The van der Waals surface area contributed by atoms with E-state index in [-0.39, 0.29) is 11.4 Å². The average Bonchev–Trinajstić information content (AvgIpc) is 1.94. The molecular weight excluding hydrogens is 145 g/mol. The Balaban J connectivity index is 3.23. The summed E-state index contributed by atoms with van der Waals surface area (Å²) in [4.78, 5) is 9.61. The smallest absolute Gasteiger partial charge is 0.310 e. The number of nitro groups is 1. The van der Waals surface area contributed by atoms with Crippen LogP contribution >= 0.6 is 0 Å². The van der Waals surface area contributed by atoms with Crippen molar-refractivity contribution < 1.29 is 10.0 Å². The van der Waals surface area contributed by atoms with Crippen LogP contribution in [0, 0.1) is 10.1 Å². The molecule has 0 aliphatic rings. The van der Waals surface area contributed by atoms with Crippen molar-refractivity contribution >= 4 is 19.0 Å². The van der Waals surface area contributed by atoms with Gasteiger partial charge in [0.2, 0.25) is 0 Å². The number of benzene rings is 1. The lowest BCUT2D eigenvalue weighted by Crippen LogP contribution is -2.02. The zero-order valence-corrected chi connectivity index (χ0v) is 5.94. The van der Waals surface area contributed by atoms with Crippen molar-refractivity contribution in [2.45, 2.75) is 0 Å². The summed E-state index contributed by atoms with van der Waals surface area (Å²) in [6.45, 7) is 0. The Hall–Kier alpha value is -1.52. The van der Waals surface area contributed by atoms with Gasteiger partial charge in [-0.3, -0.25) is 10.1 Å².